The molecule has 9 nitrogen and oxygen atoms in total. The van der Waals surface area contributed by atoms with Crippen LogP contribution >= 0.6 is 0 Å². The van der Waals surface area contributed by atoms with Gasteiger partial charge in [0, 0.05) is 29.4 Å². The van der Waals surface area contributed by atoms with Crippen molar-refractivity contribution >= 4 is 17.3 Å². The van der Waals surface area contributed by atoms with Crippen molar-refractivity contribution in [1.29, 1.82) is 5.26 Å². The number of nitrogens with zero attached hydrogens (tertiary/aromatic N) is 2. The van der Waals surface area contributed by atoms with Gasteiger partial charge in [0.15, 0.2) is 0 Å². The predicted molar refractivity (Wildman–Crippen MR) is 109 cm³/mol. The first-order valence-electron chi connectivity index (χ1n) is 9.26. The van der Waals surface area contributed by atoms with E-state index in [1.165, 1.54) is 31.5 Å². The van der Waals surface area contributed by atoms with E-state index in [0.29, 0.717) is 0 Å². The summed E-state index contributed by atoms with van der Waals surface area (Å²) in [5.41, 5.74) is -0.162. The highest BCUT2D eigenvalue weighted by molar-refractivity contribution is 6.07. The minimum Gasteiger partial charge on any atom is -0.494 e. The number of rotatable bonds is 6. The number of methoxy groups -OCH3 is 1. The first-order chi connectivity index (χ1) is 13.5. The van der Waals surface area contributed by atoms with E-state index >= 15 is 0 Å². The molecule has 3 N–H and O–H groups in total. The fourth-order valence-corrected chi connectivity index (χ4v) is 3.88. The maximum absolute atomic E-state index is 12.5. The summed E-state index contributed by atoms with van der Waals surface area (Å²) in [4.78, 5) is 22.8. The molecule has 0 radical (unpaired) electrons. The molecule has 0 spiro atoms. The van der Waals surface area contributed by atoms with Crippen LogP contribution in [0.4, 0.5) is 11.4 Å². The minimum absolute atomic E-state index is 0.0750. The zero-order valence-electron chi connectivity index (χ0n) is 17.3. The standard InChI is InChI=1S/C20H27N5O4/c1-19(2)9-14(10-20(3,4)24-19)22-12-13(11-21)18(26)23-16-7-6-15(25(27)28)8-17(16)29-5/h6-8,12,14,22,24H,9-10H2,1-5H3,(H,23,26)/b13-12-. The molecule has 156 valence electrons. The summed E-state index contributed by atoms with van der Waals surface area (Å²) in [6.45, 7) is 8.46. The molecule has 1 aromatic rings. The smallest absolute Gasteiger partial charge is 0.273 e. The van der Waals surface area contributed by atoms with Crippen LogP contribution < -0.4 is 20.7 Å². The number of carbonyl (C=O) groups is 1. The lowest BCUT2D eigenvalue weighted by Crippen LogP contribution is -2.61. The van der Waals surface area contributed by atoms with E-state index in [1.54, 1.807) is 0 Å². The summed E-state index contributed by atoms with van der Waals surface area (Å²) in [6, 6.07) is 5.83. The monoisotopic (exact) mass is 401 g/mol. The molecule has 1 amide bonds. The molecule has 0 atom stereocenters. The molecule has 0 saturated carbocycles. The highest BCUT2D eigenvalue weighted by Gasteiger charge is 2.37. The molecule has 1 aromatic carbocycles. The zero-order valence-corrected chi connectivity index (χ0v) is 17.3. The Morgan fingerprint density at radius 1 is 1.34 bits per heavy atom. The van der Waals surface area contributed by atoms with Gasteiger partial charge in [-0.1, -0.05) is 0 Å². The topological polar surface area (TPSA) is 129 Å². The molecule has 2 rings (SSSR count). The third-order valence-electron chi connectivity index (χ3n) is 4.66. The van der Waals surface area contributed by atoms with Crippen molar-refractivity contribution in [2.24, 2.45) is 0 Å². The Balaban J connectivity index is 2.13. The average Bonchev–Trinajstić information content (AvgIpc) is 2.59. The Hall–Kier alpha value is -3.12. The Kier molecular flexibility index (Phi) is 6.49. The summed E-state index contributed by atoms with van der Waals surface area (Å²) >= 11 is 0. The van der Waals surface area contributed by atoms with Crippen LogP contribution in [0.3, 0.4) is 0 Å². The number of nitro benzene ring substituents is 1. The van der Waals surface area contributed by atoms with E-state index in [0.717, 1.165) is 12.8 Å². The number of piperidine rings is 1. The summed E-state index contributed by atoms with van der Waals surface area (Å²) in [6.07, 6.45) is 3.10. The fourth-order valence-electron chi connectivity index (χ4n) is 3.88. The highest BCUT2D eigenvalue weighted by atomic mass is 16.6. The number of nitro groups is 1. The summed E-state index contributed by atoms with van der Waals surface area (Å²) in [5.74, 6) is -0.487. The van der Waals surface area contributed by atoms with E-state index < -0.39 is 10.8 Å². The van der Waals surface area contributed by atoms with Crippen molar-refractivity contribution in [3.05, 3.63) is 40.1 Å². The number of nitriles is 1. The van der Waals surface area contributed by atoms with Gasteiger partial charge in [0.05, 0.1) is 23.8 Å². The fraction of sp³-hybridized carbons (Fsp3) is 0.500. The van der Waals surface area contributed by atoms with E-state index in [4.69, 9.17) is 4.74 Å². The number of nitrogens with one attached hydrogen (secondary N) is 3. The molecule has 0 aliphatic carbocycles. The highest BCUT2D eigenvalue weighted by Crippen LogP contribution is 2.30. The Morgan fingerprint density at radius 3 is 2.48 bits per heavy atom. The number of carbonyl (C=O) groups excluding carboxylic acids is 1. The van der Waals surface area contributed by atoms with Gasteiger partial charge in [-0.2, -0.15) is 5.26 Å². The van der Waals surface area contributed by atoms with Gasteiger partial charge in [0.1, 0.15) is 17.4 Å². The van der Waals surface area contributed by atoms with Crippen molar-refractivity contribution in [3.8, 4) is 11.8 Å². The first-order valence-corrected chi connectivity index (χ1v) is 9.26. The quantitative estimate of drug-likeness (QED) is 0.289. The molecule has 1 fully saturated rings. The van der Waals surface area contributed by atoms with Crippen molar-refractivity contribution in [2.75, 3.05) is 12.4 Å². The van der Waals surface area contributed by atoms with Gasteiger partial charge in [0.2, 0.25) is 0 Å². The number of benzene rings is 1. The van der Waals surface area contributed by atoms with Gasteiger partial charge < -0.3 is 20.7 Å². The molecule has 0 aromatic heterocycles. The maximum atomic E-state index is 12.5. The number of amides is 1. The second-order valence-electron chi connectivity index (χ2n) is 8.43. The van der Waals surface area contributed by atoms with Crippen LogP contribution in [-0.2, 0) is 4.79 Å². The SMILES string of the molecule is COc1cc([N+](=O)[O-])ccc1NC(=O)/C(C#N)=C\NC1CC(C)(C)NC(C)(C)C1. The lowest BCUT2D eigenvalue weighted by Gasteiger charge is -2.46. The van der Waals surface area contributed by atoms with Crippen LogP contribution in [-0.4, -0.2) is 35.1 Å². The van der Waals surface area contributed by atoms with Crippen LogP contribution in [0.25, 0.3) is 0 Å². The second-order valence-corrected chi connectivity index (χ2v) is 8.43. The molecule has 1 aliphatic rings. The second kappa shape index (κ2) is 8.49. The van der Waals surface area contributed by atoms with Gasteiger partial charge in [-0.05, 0) is 46.6 Å². The Morgan fingerprint density at radius 2 is 1.97 bits per heavy atom. The van der Waals surface area contributed by atoms with Gasteiger partial charge in [-0.25, -0.2) is 0 Å². The predicted octanol–water partition coefficient (Wildman–Crippen LogP) is 2.85. The van der Waals surface area contributed by atoms with E-state index in [-0.39, 0.29) is 39.8 Å². The maximum Gasteiger partial charge on any atom is 0.273 e. The van der Waals surface area contributed by atoms with Crippen LogP contribution in [0, 0.1) is 21.4 Å². The molecule has 0 bridgehead atoms. The van der Waals surface area contributed by atoms with Crippen LogP contribution in [0.15, 0.2) is 30.0 Å². The van der Waals surface area contributed by atoms with Crippen LogP contribution in [0.1, 0.15) is 40.5 Å². The first kappa shape index (κ1) is 22.2. The summed E-state index contributed by atoms with van der Waals surface area (Å²) < 4.78 is 5.11. The largest absolute Gasteiger partial charge is 0.494 e. The van der Waals surface area contributed by atoms with Crippen molar-refractivity contribution in [2.45, 2.75) is 57.7 Å². The molecule has 1 heterocycles. The third-order valence-corrected chi connectivity index (χ3v) is 4.66. The average molecular weight is 401 g/mol. The van der Waals surface area contributed by atoms with Crippen LogP contribution in [0.2, 0.25) is 0 Å². The zero-order chi connectivity index (χ0) is 21.8. The third kappa shape index (κ3) is 5.93. The molecular weight excluding hydrogens is 374 g/mol. The minimum atomic E-state index is -0.625. The molecule has 1 saturated heterocycles. The Bertz CT molecular complexity index is 854. The lowest BCUT2D eigenvalue weighted by molar-refractivity contribution is -0.384. The van der Waals surface area contributed by atoms with Gasteiger partial charge in [0.25, 0.3) is 11.6 Å². The number of ether oxygens (including phenoxy) is 1. The molecule has 9 heteroatoms. The van der Waals surface area contributed by atoms with Gasteiger partial charge in [-0.15, -0.1) is 0 Å². The molecule has 29 heavy (non-hydrogen) atoms. The van der Waals surface area contributed by atoms with E-state index in [2.05, 4.69) is 43.6 Å². The van der Waals surface area contributed by atoms with E-state index in [1.807, 2.05) is 6.07 Å². The number of hydrogen-bond donors (Lipinski definition) is 3. The molecular formula is C20H27N5O4. The molecule has 1 aliphatic heterocycles. The number of hydrogen-bond acceptors (Lipinski definition) is 7. The number of non-ortho nitro benzene ring substituents is 1. The van der Waals surface area contributed by atoms with Crippen LogP contribution in [0.5, 0.6) is 5.75 Å². The van der Waals surface area contributed by atoms with Gasteiger partial charge in [-0.3, -0.25) is 14.9 Å². The lowest BCUT2D eigenvalue weighted by atomic mass is 9.80. The number of anilines is 1. The Labute approximate surface area is 170 Å². The van der Waals surface area contributed by atoms with Crippen molar-refractivity contribution in [3.63, 3.8) is 0 Å². The van der Waals surface area contributed by atoms with Crippen molar-refractivity contribution in [1.82, 2.24) is 10.6 Å². The summed E-state index contributed by atoms with van der Waals surface area (Å²) in [5, 5.41) is 29.6. The normalized spacial score (nSPS) is 18.4. The molecule has 0 unspecified atom stereocenters. The van der Waals surface area contributed by atoms with E-state index in [9.17, 15) is 20.2 Å². The summed E-state index contributed by atoms with van der Waals surface area (Å²) in [7, 11) is 1.35. The van der Waals surface area contributed by atoms with Crippen molar-refractivity contribution < 1.29 is 14.5 Å². The van der Waals surface area contributed by atoms with Gasteiger partial charge >= 0.3 is 0 Å².